The molecule has 100 valence electrons. The van der Waals surface area contributed by atoms with Gasteiger partial charge in [0, 0.05) is 6.42 Å². The molecule has 0 unspecified atom stereocenters. The predicted octanol–water partition coefficient (Wildman–Crippen LogP) is 3.86. The van der Waals surface area contributed by atoms with E-state index in [2.05, 4.69) is 6.92 Å². The van der Waals surface area contributed by atoms with Crippen LogP contribution in [0, 0.1) is 5.41 Å². The van der Waals surface area contributed by atoms with Crippen molar-refractivity contribution in [2.75, 3.05) is 6.61 Å². The Balaban J connectivity index is 2.10. The Morgan fingerprint density at radius 2 is 1.76 bits per heavy atom. The highest BCUT2D eigenvalue weighted by Gasteiger charge is 2.40. The van der Waals surface area contributed by atoms with Gasteiger partial charge in [0.2, 0.25) is 0 Å². The van der Waals surface area contributed by atoms with Crippen molar-refractivity contribution in [2.24, 2.45) is 5.41 Å². The largest absolute Gasteiger partial charge is 0.395 e. The Kier molecular flexibility index (Phi) is 6.79. The first-order valence-electron chi connectivity index (χ1n) is 7.39. The second kappa shape index (κ2) is 7.86. The first-order chi connectivity index (χ1) is 8.25. The minimum atomic E-state index is -0.344. The monoisotopic (exact) mass is 240 g/mol. The molecule has 1 atom stereocenters. The zero-order valence-electron chi connectivity index (χ0n) is 11.3. The molecule has 1 aliphatic carbocycles. The fraction of sp³-hybridized carbons (Fsp3) is 0.933. The van der Waals surface area contributed by atoms with Crippen LogP contribution in [0.3, 0.4) is 0 Å². The summed E-state index contributed by atoms with van der Waals surface area (Å²) < 4.78 is 0. The summed E-state index contributed by atoms with van der Waals surface area (Å²) in [6.07, 6.45) is 12.4. The first-order valence-corrected chi connectivity index (χ1v) is 7.39. The maximum absolute atomic E-state index is 11.8. The molecular formula is C15H28O2. The summed E-state index contributed by atoms with van der Waals surface area (Å²) in [6.45, 7) is 2.30. The van der Waals surface area contributed by atoms with E-state index >= 15 is 0 Å². The minimum absolute atomic E-state index is 0.0711. The molecule has 0 aromatic carbocycles. The molecule has 0 saturated heterocycles. The van der Waals surface area contributed by atoms with E-state index in [0.717, 1.165) is 25.7 Å². The Morgan fingerprint density at radius 3 is 2.29 bits per heavy atom. The molecule has 1 N–H and O–H groups in total. The number of carbonyl (C=O) groups excluding carboxylic acids is 1. The minimum Gasteiger partial charge on any atom is -0.395 e. The van der Waals surface area contributed by atoms with Crippen LogP contribution in [0.25, 0.3) is 0 Å². The molecule has 0 amide bonds. The molecule has 1 fully saturated rings. The van der Waals surface area contributed by atoms with Gasteiger partial charge in [0.05, 0.1) is 12.0 Å². The molecule has 17 heavy (non-hydrogen) atoms. The predicted molar refractivity (Wildman–Crippen MR) is 71.0 cm³/mol. The van der Waals surface area contributed by atoms with Crippen LogP contribution < -0.4 is 0 Å². The van der Waals surface area contributed by atoms with Crippen molar-refractivity contribution in [3.63, 3.8) is 0 Å². The second-order valence-corrected chi connectivity index (χ2v) is 5.59. The highest BCUT2D eigenvalue weighted by atomic mass is 16.3. The van der Waals surface area contributed by atoms with E-state index in [9.17, 15) is 9.90 Å². The summed E-state index contributed by atoms with van der Waals surface area (Å²) in [7, 11) is 0. The van der Waals surface area contributed by atoms with Gasteiger partial charge in [-0.1, -0.05) is 51.9 Å². The van der Waals surface area contributed by atoms with Crippen LogP contribution in [0.5, 0.6) is 0 Å². The molecular weight excluding hydrogens is 212 g/mol. The third kappa shape index (κ3) is 4.42. The summed E-state index contributed by atoms with van der Waals surface area (Å²) >= 11 is 0. The van der Waals surface area contributed by atoms with E-state index in [1.54, 1.807) is 0 Å². The van der Waals surface area contributed by atoms with Crippen LogP contribution in [0.2, 0.25) is 0 Å². The van der Waals surface area contributed by atoms with Crippen molar-refractivity contribution in [3.05, 3.63) is 0 Å². The van der Waals surface area contributed by atoms with Gasteiger partial charge in [-0.2, -0.15) is 0 Å². The average Bonchev–Trinajstić information content (AvgIpc) is 2.70. The zero-order chi connectivity index (χ0) is 12.6. The fourth-order valence-electron chi connectivity index (χ4n) is 2.92. The molecule has 0 spiro atoms. The van der Waals surface area contributed by atoms with Crippen molar-refractivity contribution in [3.8, 4) is 0 Å². The molecule has 0 heterocycles. The van der Waals surface area contributed by atoms with E-state index in [-0.39, 0.29) is 12.0 Å². The van der Waals surface area contributed by atoms with Crippen molar-refractivity contribution >= 4 is 5.78 Å². The van der Waals surface area contributed by atoms with Crippen LogP contribution in [-0.2, 0) is 4.79 Å². The molecule has 0 radical (unpaired) electrons. The number of unbranched alkanes of at least 4 members (excludes halogenated alkanes) is 6. The van der Waals surface area contributed by atoms with Gasteiger partial charge >= 0.3 is 0 Å². The second-order valence-electron chi connectivity index (χ2n) is 5.59. The highest BCUT2D eigenvalue weighted by Crippen LogP contribution is 2.39. The number of hydrogen-bond donors (Lipinski definition) is 1. The third-order valence-electron chi connectivity index (χ3n) is 4.21. The van der Waals surface area contributed by atoms with Crippen LogP contribution in [0.1, 0.15) is 77.6 Å². The molecule has 1 aliphatic rings. The summed E-state index contributed by atoms with van der Waals surface area (Å²) in [5, 5.41) is 9.44. The van der Waals surface area contributed by atoms with Gasteiger partial charge in [0.25, 0.3) is 0 Å². The van der Waals surface area contributed by atoms with Crippen LogP contribution >= 0.6 is 0 Å². The Labute approximate surface area is 106 Å². The maximum Gasteiger partial charge on any atom is 0.141 e. The fourth-order valence-corrected chi connectivity index (χ4v) is 2.92. The Morgan fingerprint density at radius 1 is 1.12 bits per heavy atom. The number of carbonyl (C=O) groups is 1. The molecule has 0 aromatic rings. The van der Waals surface area contributed by atoms with E-state index < -0.39 is 0 Å². The lowest BCUT2D eigenvalue weighted by Crippen LogP contribution is -2.29. The van der Waals surface area contributed by atoms with Gasteiger partial charge in [0.1, 0.15) is 5.78 Å². The van der Waals surface area contributed by atoms with E-state index in [4.69, 9.17) is 0 Å². The van der Waals surface area contributed by atoms with Gasteiger partial charge in [-0.3, -0.25) is 4.79 Å². The van der Waals surface area contributed by atoms with Gasteiger partial charge in [-0.25, -0.2) is 0 Å². The maximum atomic E-state index is 11.8. The number of aliphatic hydroxyl groups is 1. The quantitative estimate of drug-likeness (QED) is 0.621. The summed E-state index contributed by atoms with van der Waals surface area (Å²) in [4.78, 5) is 11.8. The normalized spacial score (nSPS) is 24.5. The molecule has 0 aliphatic heterocycles. The number of ketones is 1. The molecule has 2 nitrogen and oxygen atoms in total. The summed E-state index contributed by atoms with van der Waals surface area (Å²) in [5.74, 6) is 0.311. The number of hydrogen-bond acceptors (Lipinski definition) is 2. The van der Waals surface area contributed by atoms with Crippen molar-refractivity contribution in [1.82, 2.24) is 0 Å². The Bertz CT molecular complexity index is 225. The van der Waals surface area contributed by atoms with Crippen molar-refractivity contribution in [1.29, 1.82) is 0 Å². The first kappa shape index (κ1) is 14.7. The SMILES string of the molecule is CCCCCCCCC[C@]1(CO)CCCC1=O. The Hall–Kier alpha value is -0.370. The number of aliphatic hydroxyl groups excluding tert-OH is 1. The third-order valence-corrected chi connectivity index (χ3v) is 4.21. The molecule has 2 heteroatoms. The van der Waals surface area contributed by atoms with Crippen molar-refractivity contribution in [2.45, 2.75) is 77.6 Å². The molecule has 0 aromatic heterocycles. The zero-order valence-corrected chi connectivity index (χ0v) is 11.3. The molecule has 1 saturated carbocycles. The number of Topliss-reactive ketones (excluding diaryl/α,β-unsaturated/α-hetero) is 1. The van der Waals surface area contributed by atoms with Gasteiger partial charge in [0.15, 0.2) is 0 Å². The van der Waals surface area contributed by atoms with Gasteiger partial charge in [-0.05, 0) is 19.3 Å². The summed E-state index contributed by atoms with van der Waals surface area (Å²) in [5.41, 5.74) is -0.344. The smallest absolute Gasteiger partial charge is 0.141 e. The lowest BCUT2D eigenvalue weighted by molar-refractivity contribution is -0.128. The van der Waals surface area contributed by atoms with Crippen molar-refractivity contribution < 1.29 is 9.90 Å². The standard InChI is InChI=1S/C15H28O2/c1-2-3-4-5-6-7-8-11-15(13-16)12-9-10-14(15)17/h16H,2-13H2,1H3/t15-/m1/s1. The van der Waals surface area contributed by atoms with Crippen LogP contribution in [0.15, 0.2) is 0 Å². The topological polar surface area (TPSA) is 37.3 Å². The van der Waals surface area contributed by atoms with Crippen LogP contribution in [-0.4, -0.2) is 17.5 Å². The van der Waals surface area contributed by atoms with E-state index in [0.29, 0.717) is 12.2 Å². The molecule has 1 rings (SSSR count). The van der Waals surface area contributed by atoms with Gasteiger partial charge in [-0.15, -0.1) is 0 Å². The highest BCUT2D eigenvalue weighted by molar-refractivity contribution is 5.86. The lowest BCUT2D eigenvalue weighted by atomic mass is 9.81. The lowest BCUT2D eigenvalue weighted by Gasteiger charge is -2.24. The average molecular weight is 240 g/mol. The van der Waals surface area contributed by atoms with E-state index in [1.165, 1.54) is 38.5 Å². The number of rotatable bonds is 9. The van der Waals surface area contributed by atoms with E-state index in [1.807, 2.05) is 0 Å². The van der Waals surface area contributed by atoms with Crippen LogP contribution in [0.4, 0.5) is 0 Å². The van der Waals surface area contributed by atoms with Gasteiger partial charge < -0.3 is 5.11 Å². The summed E-state index contributed by atoms with van der Waals surface area (Å²) in [6, 6.07) is 0. The molecule has 0 bridgehead atoms.